The lowest BCUT2D eigenvalue weighted by atomic mass is 10.2. The van der Waals surface area contributed by atoms with Gasteiger partial charge in [-0.15, -0.1) is 0 Å². The smallest absolute Gasteiger partial charge is 0.128 e. The van der Waals surface area contributed by atoms with Crippen molar-refractivity contribution in [3.05, 3.63) is 54.0 Å². The number of benzene rings is 1. The zero-order chi connectivity index (χ0) is 13.5. The van der Waals surface area contributed by atoms with E-state index in [0.717, 1.165) is 24.5 Å². The van der Waals surface area contributed by atoms with Gasteiger partial charge in [-0.05, 0) is 18.6 Å². The van der Waals surface area contributed by atoms with Gasteiger partial charge in [-0.1, -0.05) is 25.1 Å². The molecule has 0 aliphatic heterocycles. The highest BCUT2D eigenvalue weighted by molar-refractivity contribution is 5.52. The van der Waals surface area contributed by atoms with Crippen LogP contribution in [0.1, 0.15) is 18.9 Å². The second-order valence-corrected chi connectivity index (χ2v) is 4.30. The molecule has 1 heterocycles. The van der Waals surface area contributed by atoms with Gasteiger partial charge in [0.05, 0.1) is 0 Å². The first-order valence-corrected chi connectivity index (χ1v) is 6.47. The Morgan fingerprint density at radius 3 is 2.79 bits per heavy atom. The van der Waals surface area contributed by atoms with Gasteiger partial charge < -0.3 is 10.6 Å². The molecule has 0 bridgehead atoms. The number of rotatable bonds is 6. The first-order valence-electron chi connectivity index (χ1n) is 6.47. The Morgan fingerprint density at radius 2 is 2.00 bits per heavy atom. The Balaban J connectivity index is 1.98. The van der Waals surface area contributed by atoms with E-state index in [-0.39, 0.29) is 5.82 Å². The monoisotopic (exact) mass is 259 g/mol. The van der Waals surface area contributed by atoms with Crippen molar-refractivity contribution in [2.75, 3.05) is 17.2 Å². The van der Waals surface area contributed by atoms with Crippen molar-refractivity contribution >= 4 is 11.5 Å². The minimum absolute atomic E-state index is 0.187. The van der Waals surface area contributed by atoms with Crippen LogP contribution in [-0.4, -0.2) is 11.5 Å². The van der Waals surface area contributed by atoms with Crippen LogP contribution in [0.3, 0.4) is 0 Å². The largest absolute Gasteiger partial charge is 0.381 e. The van der Waals surface area contributed by atoms with E-state index in [4.69, 9.17) is 0 Å². The van der Waals surface area contributed by atoms with Crippen molar-refractivity contribution in [1.29, 1.82) is 0 Å². The lowest BCUT2D eigenvalue weighted by Crippen LogP contribution is -2.04. The van der Waals surface area contributed by atoms with Crippen LogP contribution in [0.15, 0.2) is 42.6 Å². The van der Waals surface area contributed by atoms with Crippen molar-refractivity contribution in [2.24, 2.45) is 0 Å². The Bertz CT molecular complexity index is 528. The van der Waals surface area contributed by atoms with E-state index >= 15 is 0 Å². The molecular formula is C15H18FN3. The van der Waals surface area contributed by atoms with E-state index in [1.807, 2.05) is 18.2 Å². The Morgan fingerprint density at radius 1 is 1.16 bits per heavy atom. The van der Waals surface area contributed by atoms with Crippen LogP contribution in [0.25, 0.3) is 0 Å². The molecule has 19 heavy (non-hydrogen) atoms. The summed E-state index contributed by atoms with van der Waals surface area (Å²) in [5, 5.41) is 6.42. The molecule has 0 radical (unpaired) electrons. The van der Waals surface area contributed by atoms with E-state index < -0.39 is 0 Å². The summed E-state index contributed by atoms with van der Waals surface area (Å²) in [6.07, 6.45) is 2.79. The van der Waals surface area contributed by atoms with Gasteiger partial charge in [0, 0.05) is 36.6 Å². The van der Waals surface area contributed by atoms with E-state index in [0.29, 0.717) is 12.1 Å². The third-order valence-corrected chi connectivity index (χ3v) is 2.76. The maximum atomic E-state index is 13.5. The average Bonchev–Trinajstić information content (AvgIpc) is 2.45. The fourth-order valence-electron chi connectivity index (χ4n) is 1.73. The first kappa shape index (κ1) is 13.3. The summed E-state index contributed by atoms with van der Waals surface area (Å²) in [4.78, 5) is 4.22. The van der Waals surface area contributed by atoms with Gasteiger partial charge in [0.1, 0.15) is 11.6 Å². The molecule has 0 saturated heterocycles. The van der Waals surface area contributed by atoms with Crippen molar-refractivity contribution in [1.82, 2.24) is 4.98 Å². The van der Waals surface area contributed by atoms with Crippen molar-refractivity contribution in [3.63, 3.8) is 0 Å². The molecule has 2 aromatic rings. The Hall–Kier alpha value is -2.10. The Kier molecular flexibility index (Phi) is 4.72. The summed E-state index contributed by atoms with van der Waals surface area (Å²) in [6, 6.07) is 10.6. The van der Waals surface area contributed by atoms with E-state index in [9.17, 15) is 4.39 Å². The first-order chi connectivity index (χ1) is 9.29. The Labute approximate surface area is 112 Å². The molecule has 1 aromatic carbocycles. The zero-order valence-electron chi connectivity index (χ0n) is 11.0. The normalized spacial score (nSPS) is 10.2. The molecular weight excluding hydrogens is 241 g/mol. The van der Waals surface area contributed by atoms with Gasteiger partial charge in [-0.3, -0.25) is 0 Å². The maximum absolute atomic E-state index is 13.5. The highest BCUT2D eigenvalue weighted by Gasteiger charge is 2.01. The maximum Gasteiger partial charge on any atom is 0.128 e. The molecule has 0 atom stereocenters. The molecule has 0 unspecified atom stereocenters. The van der Waals surface area contributed by atoms with Crippen LogP contribution < -0.4 is 10.6 Å². The number of halogens is 1. The number of nitrogens with one attached hydrogen (secondary N) is 2. The summed E-state index contributed by atoms with van der Waals surface area (Å²) < 4.78 is 13.5. The summed E-state index contributed by atoms with van der Waals surface area (Å²) >= 11 is 0. The fraction of sp³-hybridized carbons (Fsp3) is 0.267. The molecule has 100 valence electrons. The van der Waals surface area contributed by atoms with Crippen LogP contribution >= 0.6 is 0 Å². The quantitative estimate of drug-likeness (QED) is 0.831. The molecule has 1 aromatic heterocycles. The van der Waals surface area contributed by atoms with Gasteiger partial charge in [0.15, 0.2) is 0 Å². The van der Waals surface area contributed by atoms with Crippen LogP contribution in [0, 0.1) is 5.82 Å². The molecule has 0 saturated carbocycles. The highest BCUT2D eigenvalue weighted by atomic mass is 19.1. The number of aromatic nitrogens is 1. The number of pyridine rings is 1. The summed E-state index contributed by atoms with van der Waals surface area (Å²) in [7, 11) is 0. The predicted octanol–water partition coefficient (Wildman–Crippen LogP) is 3.65. The molecule has 0 amide bonds. The number of nitrogens with zero attached hydrogens (tertiary/aromatic N) is 1. The zero-order valence-corrected chi connectivity index (χ0v) is 11.0. The van der Waals surface area contributed by atoms with E-state index in [2.05, 4.69) is 22.5 Å². The third-order valence-electron chi connectivity index (χ3n) is 2.76. The summed E-state index contributed by atoms with van der Waals surface area (Å²) in [5.74, 6) is 0.647. The van der Waals surface area contributed by atoms with Crippen molar-refractivity contribution < 1.29 is 4.39 Å². The number of hydrogen-bond acceptors (Lipinski definition) is 3. The van der Waals surface area contributed by atoms with Gasteiger partial charge in [0.2, 0.25) is 0 Å². The molecule has 2 rings (SSSR count). The van der Waals surface area contributed by atoms with Gasteiger partial charge in [-0.25, -0.2) is 9.37 Å². The molecule has 0 aliphatic carbocycles. The molecule has 2 N–H and O–H groups in total. The topological polar surface area (TPSA) is 37.0 Å². The summed E-state index contributed by atoms with van der Waals surface area (Å²) in [6.45, 7) is 3.46. The minimum atomic E-state index is -0.187. The molecule has 0 aliphatic rings. The van der Waals surface area contributed by atoms with Crippen LogP contribution in [-0.2, 0) is 6.54 Å². The van der Waals surface area contributed by atoms with Gasteiger partial charge in [0.25, 0.3) is 0 Å². The lowest BCUT2D eigenvalue weighted by Gasteiger charge is -2.09. The van der Waals surface area contributed by atoms with Gasteiger partial charge in [-0.2, -0.15) is 0 Å². The van der Waals surface area contributed by atoms with Crippen molar-refractivity contribution in [2.45, 2.75) is 19.9 Å². The van der Waals surface area contributed by atoms with Crippen LogP contribution in [0.4, 0.5) is 15.9 Å². The van der Waals surface area contributed by atoms with E-state index in [1.54, 1.807) is 18.3 Å². The SMILES string of the molecule is CCCNc1cc(NCc2ccccc2F)ccn1. The van der Waals surface area contributed by atoms with Gasteiger partial charge >= 0.3 is 0 Å². The number of anilines is 2. The number of hydrogen-bond donors (Lipinski definition) is 2. The van der Waals surface area contributed by atoms with Crippen molar-refractivity contribution in [3.8, 4) is 0 Å². The van der Waals surface area contributed by atoms with Crippen LogP contribution in [0.5, 0.6) is 0 Å². The molecule has 0 spiro atoms. The second-order valence-electron chi connectivity index (χ2n) is 4.30. The van der Waals surface area contributed by atoms with Crippen LogP contribution in [0.2, 0.25) is 0 Å². The lowest BCUT2D eigenvalue weighted by molar-refractivity contribution is 0.613. The molecule has 4 heteroatoms. The summed E-state index contributed by atoms with van der Waals surface area (Å²) in [5.41, 5.74) is 1.58. The third kappa shape index (κ3) is 3.95. The predicted molar refractivity (Wildman–Crippen MR) is 76.7 cm³/mol. The van der Waals surface area contributed by atoms with E-state index in [1.165, 1.54) is 6.07 Å². The highest BCUT2D eigenvalue weighted by Crippen LogP contribution is 2.14. The minimum Gasteiger partial charge on any atom is -0.381 e. The average molecular weight is 259 g/mol. The standard InChI is InChI=1S/C15H18FN3/c1-2-8-17-15-10-13(7-9-18-15)19-11-12-5-3-4-6-14(12)16/h3-7,9-10H,2,8,11H2,1H3,(H2,17,18,19). The second kappa shape index (κ2) is 6.73. The molecule has 3 nitrogen and oxygen atoms in total. The fourth-order valence-corrected chi connectivity index (χ4v) is 1.73. The molecule has 0 fully saturated rings.